The number of hydrogen-bond acceptors (Lipinski definition) is 2. The fourth-order valence-corrected chi connectivity index (χ4v) is 1.73. The summed E-state index contributed by atoms with van der Waals surface area (Å²) in [7, 11) is -0.439. The van der Waals surface area contributed by atoms with Crippen LogP contribution in [0.25, 0.3) is 0 Å². The highest BCUT2D eigenvalue weighted by Gasteiger charge is 2.33. The van der Waals surface area contributed by atoms with Gasteiger partial charge >= 0.3 is 7.12 Å². The Morgan fingerprint density at radius 1 is 1.31 bits per heavy atom. The molecule has 1 fully saturated rings. The van der Waals surface area contributed by atoms with Gasteiger partial charge in [-0.15, -0.1) is 0 Å². The minimum atomic E-state index is -0.439. The van der Waals surface area contributed by atoms with Crippen LogP contribution in [-0.2, 0) is 9.31 Å². The van der Waals surface area contributed by atoms with Gasteiger partial charge in [0.25, 0.3) is 0 Å². The van der Waals surface area contributed by atoms with Gasteiger partial charge < -0.3 is 9.31 Å². The van der Waals surface area contributed by atoms with E-state index in [4.69, 9.17) is 20.9 Å². The molecule has 86 valence electrons. The fourth-order valence-electron chi connectivity index (χ4n) is 1.54. The lowest BCUT2D eigenvalue weighted by molar-refractivity contribution is 0.0343. The highest BCUT2D eigenvalue weighted by atomic mass is 35.5. The van der Waals surface area contributed by atoms with E-state index in [1.807, 2.05) is 0 Å². The number of benzene rings is 1. The Morgan fingerprint density at radius 3 is 2.50 bits per heavy atom. The SMILES string of the molecule is CC1(C)COB(c2ccc(F)c(Cl)c2)OC1. The van der Waals surface area contributed by atoms with E-state index in [1.165, 1.54) is 6.07 Å². The predicted molar refractivity (Wildman–Crippen MR) is 62.5 cm³/mol. The van der Waals surface area contributed by atoms with Gasteiger partial charge in [0.1, 0.15) is 5.82 Å². The zero-order valence-corrected chi connectivity index (χ0v) is 10.1. The molecule has 0 N–H and O–H groups in total. The van der Waals surface area contributed by atoms with Crippen molar-refractivity contribution >= 4 is 24.2 Å². The second kappa shape index (κ2) is 4.36. The maximum Gasteiger partial charge on any atom is 0.493 e. The summed E-state index contributed by atoms with van der Waals surface area (Å²) in [6.45, 7) is 5.38. The normalized spacial score (nSPS) is 19.9. The maximum absolute atomic E-state index is 13.0. The quantitative estimate of drug-likeness (QED) is 0.703. The summed E-state index contributed by atoms with van der Waals surface area (Å²) in [5.74, 6) is -0.429. The van der Waals surface area contributed by atoms with Crippen molar-refractivity contribution in [3.63, 3.8) is 0 Å². The smallest absolute Gasteiger partial charge is 0.407 e. The Kier molecular flexibility index (Phi) is 3.24. The first-order chi connectivity index (χ1) is 7.48. The molecule has 0 bridgehead atoms. The molecule has 1 aromatic carbocycles. The molecule has 5 heteroatoms. The van der Waals surface area contributed by atoms with Crippen LogP contribution in [-0.4, -0.2) is 20.3 Å². The molecule has 1 aromatic rings. The molecule has 1 saturated heterocycles. The van der Waals surface area contributed by atoms with Crippen molar-refractivity contribution in [3.05, 3.63) is 29.0 Å². The Hall–Kier alpha value is -0.575. The first-order valence-electron chi connectivity index (χ1n) is 5.16. The van der Waals surface area contributed by atoms with E-state index in [1.54, 1.807) is 12.1 Å². The van der Waals surface area contributed by atoms with Gasteiger partial charge in [-0.2, -0.15) is 0 Å². The van der Waals surface area contributed by atoms with Gasteiger partial charge in [-0.1, -0.05) is 31.5 Å². The fraction of sp³-hybridized carbons (Fsp3) is 0.455. The van der Waals surface area contributed by atoms with Crippen LogP contribution < -0.4 is 5.46 Å². The van der Waals surface area contributed by atoms with Gasteiger partial charge in [0.2, 0.25) is 0 Å². The molecule has 1 aliphatic rings. The molecule has 2 nitrogen and oxygen atoms in total. The van der Waals surface area contributed by atoms with Gasteiger partial charge in [0, 0.05) is 18.6 Å². The Balaban J connectivity index is 2.11. The lowest BCUT2D eigenvalue weighted by atomic mass is 9.76. The van der Waals surface area contributed by atoms with Crippen LogP contribution in [0.1, 0.15) is 13.8 Å². The maximum atomic E-state index is 13.0. The highest BCUT2D eigenvalue weighted by Crippen LogP contribution is 2.22. The minimum absolute atomic E-state index is 0.0281. The van der Waals surface area contributed by atoms with E-state index in [-0.39, 0.29) is 10.4 Å². The van der Waals surface area contributed by atoms with E-state index in [0.717, 1.165) is 5.46 Å². The zero-order valence-electron chi connectivity index (χ0n) is 9.30. The van der Waals surface area contributed by atoms with Crippen molar-refractivity contribution in [3.8, 4) is 0 Å². The molecular formula is C11H13BClFO2. The van der Waals surface area contributed by atoms with Crippen molar-refractivity contribution in [2.45, 2.75) is 13.8 Å². The lowest BCUT2D eigenvalue weighted by Crippen LogP contribution is -2.47. The second-order valence-electron chi connectivity index (χ2n) is 4.79. The van der Waals surface area contributed by atoms with Crippen molar-refractivity contribution in [2.75, 3.05) is 13.2 Å². The lowest BCUT2D eigenvalue weighted by Gasteiger charge is -2.33. The van der Waals surface area contributed by atoms with Gasteiger partial charge in [-0.3, -0.25) is 0 Å². The molecule has 0 spiro atoms. The van der Waals surface area contributed by atoms with Crippen molar-refractivity contribution < 1.29 is 13.7 Å². The summed E-state index contributed by atoms with van der Waals surface area (Å²) in [6, 6.07) is 4.49. The van der Waals surface area contributed by atoms with Gasteiger partial charge in [0.05, 0.1) is 5.02 Å². The highest BCUT2D eigenvalue weighted by molar-refractivity contribution is 6.61. The van der Waals surface area contributed by atoms with Crippen LogP contribution in [0.5, 0.6) is 0 Å². The molecule has 2 rings (SSSR count). The molecule has 0 amide bonds. The van der Waals surface area contributed by atoms with Gasteiger partial charge in [0.15, 0.2) is 0 Å². The summed E-state index contributed by atoms with van der Waals surface area (Å²) in [5.41, 5.74) is 0.780. The van der Waals surface area contributed by atoms with E-state index < -0.39 is 12.9 Å². The average Bonchev–Trinajstić information content (AvgIpc) is 2.22. The predicted octanol–water partition coefficient (Wildman–Crippen LogP) is 2.25. The molecule has 1 heterocycles. The molecule has 16 heavy (non-hydrogen) atoms. The molecule has 1 aliphatic heterocycles. The Bertz CT molecular complexity index is 388. The summed E-state index contributed by atoms with van der Waals surface area (Å²) < 4.78 is 24.1. The van der Waals surface area contributed by atoms with E-state index in [0.29, 0.717) is 13.2 Å². The van der Waals surface area contributed by atoms with Crippen LogP contribution in [0.2, 0.25) is 5.02 Å². The first-order valence-corrected chi connectivity index (χ1v) is 5.54. The van der Waals surface area contributed by atoms with Crippen LogP contribution in [0.3, 0.4) is 0 Å². The minimum Gasteiger partial charge on any atom is -0.407 e. The molecule has 0 aromatic heterocycles. The monoisotopic (exact) mass is 242 g/mol. The van der Waals surface area contributed by atoms with Crippen molar-refractivity contribution in [2.24, 2.45) is 5.41 Å². The molecule has 0 radical (unpaired) electrons. The van der Waals surface area contributed by atoms with Crippen LogP contribution >= 0.6 is 11.6 Å². The third-order valence-electron chi connectivity index (χ3n) is 2.47. The third kappa shape index (κ3) is 2.57. The molecular weight excluding hydrogens is 229 g/mol. The number of rotatable bonds is 1. The second-order valence-corrected chi connectivity index (χ2v) is 5.20. The largest absolute Gasteiger partial charge is 0.493 e. The number of hydrogen-bond donors (Lipinski definition) is 0. The summed E-state index contributed by atoms with van der Waals surface area (Å²) in [6.07, 6.45) is 0. The van der Waals surface area contributed by atoms with Crippen LogP contribution in [0.4, 0.5) is 4.39 Å². The Morgan fingerprint density at radius 2 is 1.94 bits per heavy atom. The average molecular weight is 242 g/mol. The molecule has 0 saturated carbocycles. The Labute approximate surface area is 99.8 Å². The summed E-state index contributed by atoms with van der Waals surface area (Å²) in [5, 5.41) is 0.0922. The molecule has 0 unspecified atom stereocenters. The molecule has 0 atom stereocenters. The van der Waals surface area contributed by atoms with E-state index in [2.05, 4.69) is 13.8 Å². The van der Waals surface area contributed by atoms with Crippen LogP contribution in [0.15, 0.2) is 18.2 Å². The van der Waals surface area contributed by atoms with E-state index >= 15 is 0 Å². The van der Waals surface area contributed by atoms with Gasteiger partial charge in [-0.25, -0.2) is 4.39 Å². The first kappa shape index (κ1) is 11.9. The van der Waals surface area contributed by atoms with E-state index in [9.17, 15) is 4.39 Å². The zero-order chi connectivity index (χ0) is 11.8. The standard InChI is InChI=1S/C11H13BClFO2/c1-11(2)6-15-12(16-7-11)8-3-4-10(14)9(13)5-8/h3-5H,6-7H2,1-2H3. The van der Waals surface area contributed by atoms with Gasteiger partial charge in [-0.05, 0) is 17.6 Å². The third-order valence-corrected chi connectivity index (χ3v) is 2.76. The topological polar surface area (TPSA) is 18.5 Å². The van der Waals surface area contributed by atoms with Crippen LogP contribution in [0, 0.1) is 11.2 Å². The number of halogens is 2. The molecule has 0 aliphatic carbocycles. The van der Waals surface area contributed by atoms with Crippen molar-refractivity contribution in [1.29, 1.82) is 0 Å². The summed E-state index contributed by atoms with van der Waals surface area (Å²) >= 11 is 5.70. The van der Waals surface area contributed by atoms with Crippen molar-refractivity contribution in [1.82, 2.24) is 0 Å². The summed E-state index contributed by atoms with van der Waals surface area (Å²) in [4.78, 5) is 0.